The normalized spacial score (nSPS) is 14.6. The molecule has 1 rings (SSSR count). The summed E-state index contributed by atoms with van der Waals surface area (Å²) < 4.78 is 13.7. The minimum absolute atomic E-state index is 0.212. The molecule has 0 radical (unpaired) electrons. The quantitative estimate of drug-likeness (QED) is 0.811. The number of benzene rings is 1. The Balaban J connectivity index is 2.61. The Hall–Kier alpha value is -0.600. The van der Waals surface area contributed by atoms with Gasteiger partial charge in [-0.3, -0.25) is 0 Å². The number of halogens is 2. The molecule has 0 aliphatic heterocycles. The summed E-state index contributed by atoms with van der Waals surface area (Å²) in [6, 6.07) is 5.58. The number of rotatable bonds is 6. The van der Waals surface area contributed by atoms with Crippen LogP contribution in [0.25, 0.3) is 0 Å². The summed E-state index contributed by atoms with van der Waals surface area (Å²) >= 11 is 5.77. The van der Waals surface area contributed by atoms with E-state index in [-0.39, 0.29) is 10.8 Å². The van der Waals surface area contributed by atoms with Gasteiger partial charge in [-0.15, -0.1) is 0 Å². The van der Waals surface area contributed by atoms with Gasteiger partial charge in [-0.05, 0) is 43.9 Å². The van der Waals surface area contributed by atoms with Crippen molar-refractivity contribution in [1.29, 1.82) is 0 Å². The fourth-order valence-electron chi connectivity index (χ4n) is 1.80. The van der Waals surface area contributed by atoms with Crippen LogP contribution in [-0.4, -0.2) is 12.6 Å². The van der Waals surface area contributed by atoms with Crippen LogP contribution in [0.5, 0.6) is 0 Å². The standard InChI is InChI=1S/C14H21ClFN/c1-4-8-17-11(3)10(2)9-12-6-5-7-13(15)14(12)16/h5-7,10-11,17H,4,8-9H2,1-3H3. The summed E-state index contributed by atoms with van der Waals surface area (Å²) in [5, 5.41) is 3.64. The predicted octanol–water partition coefficient (Wildman–Crippen LogP) is 4.05. The van der Waals surface area contributed by atoms with Crippen LogP contribution in [0.3, 0.4) is 0 Å². The molecule has 0 aliphatic rings. The smallest absolute Gasteiger partial charge is 0.144 e. The molecular formula is C14H21ClFN. The highest BCUT2D eigenvalue weighted by Gasteiger charge is 2.15. The maximum atomic E-state index is 13.7. The van der Waals surface area contributed by atoms with E-state index in [9.17, 15) is 4.39 Å². The van der Waals surface area contributed by atoms with Crippen LogP contribution < -0.4 is 5.32 Å². The first kappa shape index (κ1) is 14.5. The average molecular weight is 258 g/mol. The van der Waals surface area contributed by atoms with Crippen molar-refractivity contribution in [2.75, 3.05) is 6.54 Å². The van der Waals surface area contributed by atoms with E-state index in [0.717, 1.165) is 13.0 Å². The molecule has 2 atom stereocenters. The van der Waals surface area contributed by atoms with E-state index in [4.69, 9.17) is 11.6 Å². The van der Waals surface area contributed by atoms with Crippen molar-refractivity contribution in [3.8, 4) is 0 Å². The highest BCUT2D eigenvalue weighted by atomic mass is 35.5. The second-order valence-corrected chi connectivity index (χ2v) is 5.04. The molecule has 1 aromatic carbocycles. The molecular weight excluding hydrogens is 237 g/mol. The van der Waals surface area contributed by atoms with Crippen LogP contribution in [0.2, 0.25) is 5.02 Å². The van der Waals surface area contributed by atoms with Gasteiger partial charge in [0.25, 0.3) is 0 Å². The van der Waals surface area contributed by atoms with Gasteiger partial charge >= 0.3 is 0 Å². The van der Waals surface area contributed by atoms with E-state index < -0.39 is 0 Å². The molecule has 1 nitrogen and oxygen atoms in total. The van der Waals surface area contributed by atoms with Gasteiger partial charge in [0.2, 0.25) is 0 Å². The lowest BCUT2D eigenvalue weighted by Crippen LogP contribution is -2.33. The molecule has 0 saturated carbocycles. The van der Waals surface area contributed by atoms with Gasteiger partial charge in [0.15, 0.2) is 0 Å². The van der Waals surface area contributed by atoms with E-state index in [1.165, 1.54) is 0 Å². The van der Waals surface area contributed by atoms with Gasteiger partial charge in [0, 0.05) is 6.04 Å². The summed E-state index contributed by atoms with van der Waals surface area (Å²) in [4.78, 5) is 0. The minimum Gasteiger partial charge on any atom is -0.314 e. The summed E-state index contributed by atoms with van der Waals surface area (Å²) in [7, 11) is 0. The van der Waals surface area contributed by atoms with E-state index >= 15 is 0 Å². The topological polar surface area (TPSA) is 12.0 Å². The monoisotopic (exact) mass is 257 g/mol. The number of nitrogens with one attached hydrogen (secondary N) is 1. The second-order valence-electron chi connectivity index (χ2n) is 4.64. The molecule has 0 heterocycles. The van der Waals surface area contributed by atoms with Gasteiger partial charge in [-0.25, -0.2) is 4.39 Å². The van der Waals surface area contributed by atoms with E-state index in [1.54, 1.807) is 12.1 Å². The van der Waals surface area contributed by atoms with Crippen molar-refractivity contribution in [2.45, 2.75) is 39.7 Å². The van der Waals surface area contributed by atoms with Crippen molar-refractivity contribution in [3.05, 3.63) is 34.6 Å². The molecule has 0 aliphatic carbocycles. The van der Waals surface area contributed by atoms with E-state index in [0.29, 0.717) is 23.9 Å². The lowest BCUT2D eigenvalue weighted by molar-refractivity contribution is 0.394. The Bertz CT molecular complexity index is 354. The van der Waals surface area contributed by atoms with Crippen molar-refractivity contribution in [1.82, 2.24) is 5.32 Å². The van der Waals surface area contributed by atoms with E-state index in [1.807, 2.05) is 6.07 Å². The van der Waals surface area contributed by atoms with Crippen LogP contribution in [0, 0.1) is 11.7 Å². The maximum absolute atomic E-state index is 13.7. The lowest BCUT2D eigenvalue weighted by atomic mass is 9.94. The average Bonchev–Trinajstić information content (AvgIpc) is 2.31. The van der Waals surface area contributed by atoms with E-state index in [2.05, 4.69) is 26.1 Å². The zero-order valence-electron chi connectivity index (χ0n) is 10.8. The maximum Gasteiger partial charge on any atom is 0.144 e. The molecule has 1 aromatic rings. The Morgan fingerprint density at radius 3 is 2.71 bits per heavy atom. The van der Waals surface area contributed by atoms with Gasteiger partial charge in [0.1, 0.15) is 5.82 Å². The molecule has 0 saturated heterocycles. The third kappa shape index (κ3) is 4.29. The van der Waals surface area contributed by atoms with Crippen LogP contribution in [0.15, 0.2) is 18.2 Å². The van der Waals surface area contributed by atoms with Crippen molar-refractivity contribution < 1.29 is 4.39 Å². The Morgan fingerprint density at radius 1 is 1.35 bits per heavy atom. The highest BCUT2D eigenvalue weighted by Crippen LogP contribution is 2.21. The largest absolute Gasteiger partial charge is 0.314 e. The molecule has 0 bridgehead atoms. The zero-order valence-corrected chi connectivity index (χ0v) is 11.5. The Kier molecular flexibility index (Phi) is 5.93. The van der Waals surface area contributed by atoms with Gasteiger partial charge in [-0.1, -0.05) is 37.6 Å². The van der Waals surface area contributed by atoms with Crippen LogP contribution in [0.1, 0.15) is 32.8 Å². The molecule has 0 spiro atoms. The van der Waals surface area contributed by atoms with Crippen LogP contribution in [-0.2, 0) is 6.42 Å². The summed E-state index contributed by atoms with van der Waals surface area (Å²) in [5.74, 6) is 0.109. The number of hydrogen-bond donors (Lipinski definition) is 1. The molecule has 0 aromatic heterocycles. The molecule has 0 fully saturated rings. The fraction of sp³-hybridized carbons (Fsp3) is 0.571. The first-order chi connectivity index (χ1) is 8.06. The third-order valence-electron chi connectivity index (χ3n) is 3.14. The minimum atomic E-state index is -0.274. The fourth-order valence-corrected chi connectivity index (χ4v) is 2.00. The molecule has 0 amide bonds. The predicted molar refractivity (Wildman–Crippen MR) is 72.0 cm³/mol. The van der Waals surface area contributed by atoms with Gasteiger partial charge in [0.05, 0.1) is 5.02 Å². The molecule has 3 heteroatoms. The van der Waals surface area contributed by atoms with Crippen molar-refractivity contribution in [2.24, 2.45) is 5.92 Å². The first-order valence-electron chi connectivity index (χ1n) is 6.22. The Morgan fingerprint density at radius 2 is 2.06 bits per heavy atom. The SMILES string of the molecule is CCCNC(C)C(C)Cc1cccc(Cl)c1F. The van der Waals surface area contributed by atoms with Gasteiger partial charge in [-0.2, -0.15) is 0 Å². The van der Waals surface area contributed by atoms with Crippen molar-refractivity contribution >= 4 is 11.6 Å². The second kappa shape index (κ2) is 6.97. The Labute approximate surface area is 108 Å². The highest BCUT2D eigenvalue weighted by molar-refractivity contribution is 6.30. The third-order valence-corrected chi connectivity index (χ3v) is 3.44. The van der Waals surface area contributed by atoms with Crippen LogP contribution >= 0.6 is 11.6 Å². The van der Waals surface area contributed by atoms with Gasteiger partial charge < -0.3 is 5.32 Å². The number of hydrogen-bond acceptors (Lipinski definition) is 1. The molecule has 2 unspecified atom stereocenters. The van der Waals surface area contributed by atoms with Crippen LogP contribution in [0.4, 0.5) is 4.39 Å². The molecule has 17 heavy (non-hydrogen) atoms. The zero-order chi connectivity index (χ0) is 12.8. The first-order valence-corrected chi connectivity index (χ1v) is 6.60. The molecule has 96 valence electrons. The lowest BCUT2D eigenvalue weighted by Gasteiger charge is -2.21. The molecule has 1 N–H and O–H groups in total. The summed E-state index contributed by atoms with van der Waals surface area (Å²) in [6.07, 6.45) is 1.83. The summed E-state index contributed by atoms with van der Waals surface area (Å²) in [5.41, 5.74) is 0.704. The van der Waals surface area contributed by atoms with Crippen molar-refractivity contribution in [3.63, 3.8) is 0 Å². The summed E-state index contributed by atoms with van der Waals surface area (Å²) in [6.45, 7) is 7.42.